The maximum atomic E-state index is 10.6. The number of nitrogens with zero attached hydrogens (tertiary/aromatic N) is 1. The van der Waals surface area contributed by atoms with Crippen molar-refractivity contribution in [2.75, 3.05) is 11.9 Å². The molecule has 0 aliphatic heterocycles. The van der Waals surface area contributed by atoms with E-state index < -0.39 is 12.1 Å². The highest BCUT2D eigenvalue weighted by Crippen LogP contribution is 2.24. The molecule has 2 aromatic heterocycles. The monoisotopic (exact) mass is 464 g/mol. The van der Waals surface area contributed by atoms with Gasteiger partial charge in [-0.1, -0.05) is 42.2 Å². The third-order valence-electron chi connectivity index (χ3n) is 3.63. The summed E-state index contributed by atoms with van der Waals surface area (Å²) >= 11 is 1.59. The van der Waals surface area contributed by atoms with E-state index in [9.17, 15) is 13.2 Å². The van der Waals surface area contributed by atoms with Crippen molar-refractivity contribution in [2.24, 2.45) is 0 Å². The molecular weight excluding hydrogens is 445 g/mol. The molecule has 0 aliphatic carbocycles. The number of anilines is 1. The van der Waals surface area contributed by atoms with Crippen molar-refractivity contribution in [3.63, 3.8) is 0 Å². The number of carbonyl (C=O) groups is 1. The number of carboxylic acid groups (broad SMARTS) is 1. The van der Waals surface area contributed by atoms with E-state index in [1.807, 2.05) is 54.6 Å². The molecule has 3 N–H and O–H groups in total. The van der Waals surface area contributed by atoms with E-state index in [2.05, 4.69) is 22.1 Å². The molecule has 2 heterocycles. The van der Waals surface area contributed by atoms with E-state index in [4.69, 9.17) is 19.7 Å². The van der Waals surface area contributed by atoms with Crippen LogP contribution in [-0.4, -0.2) is 33.9 Å². The Labute approximate surface area is 186 Å². The number of rotatable bonds is 6. The van der Waals surface area contributed by atoms with Crippen LogP contribution in [0.25, 0.3) is 0 Å². The largest absolute Gasteiger partial charge is 0.490 e. The summed E-state index contributed by atoms with van der Waals surface area (Å²) in [4.78, 5) is 15.3. The van der Waals surface area contributed by atoms with Crippen LogP contribution in [0.1, 0.15) is 15.3 Å². The maximum Gasteiger partial charge on any atom is 0.490 e. The minimum atomic E-state index is -5.08. The maximum absolute atomic E-state index is 10.6. The number of ether oxygens (including phenoxy) is 1. The van der Waals surface area contributed by atoms with Crippen LogP contribution in [-0.2, 0) is 17.9 Å². The number of hydrogen-bond donors (Lipinski definition) is 3. The third kappa shape index (κ3) is 8.67. The number of aliphatic hydroxyl groups is 1. The second-order valence-corrected chi connectivity index (χ2v) is 7.18. The Kier molecular flexibility index (Phi) is 9.53. The molecule has 3 rings (SSSR count). The fraction of sp³-hybridized carbons (Fsp3) is 0.182. The molecule has 0 atom stereocenters. The fourth-order valence-corrected chi connectivity index (χ4v) is 3.03. The van der Waals surface area contributed by atoms with Crippen molar-refractivity contribution in [1.29, 1.82) is 0 Å². The normalized spacial score (nSPS) is 10.2. The Hall–Kier alpha value is -3.55. The van der Waals surface area contributed by atoms with E-state index >= 15 is 0 Å². The minimum absolute atomic E-state index is 0.123. The van der Waals surface area contributed by atoms with E-state index in [0.29, 0.717) is 13.2 Å². The van der Waals surface area contributed by atoms with Crippen molar-refractivity contribution >= 4 is 23.1 Å². The zero-order chi connectivity index (χ0) is 23.4. The highest BCUT2D eigenvalue weighted by atomic mass is 32.1. The van der Waals surface area contributed by atoms with E-state index in [-0.39, 0.29) is 6.61 Å². The number of nitrogens with one attached hydrogen (secondary N) is 1. The number of carboxylic acids is 1. The predicted molar refractivity (Wildman–Crippen MR) is 114 cm³/mol. The molecule has 0 fully saturated rings. The van der Waals surface area contributed by atoms with Crippen LogP contribution in [0, 0.1) is 11.8 Å². The van der Waals surface area contributed by atoms with E-state index in [0.717, 1.165) is 26.9 Å². The number of aromatic nitrogens is 1. The second-order valence-electron chi connectivity index (χ2n) is 6.01. The number of halogens is 3. The molecule has 0 bridgehead atoms. The fourth-order valence-electron chi connectivity index (χ4n) is 2.21. The number of thiophene rings is 1. The predicted octanol–water partition coefficient (Wildman–Crippen LogP) is 4.31. The highest BCUT2D eigenvalue weighted by Gasteiger charge is 2.38. The molecule has 0 unspecified atom stereocenters. The Morgan fingerprint density at radius 2 is 1.84 bits per heavy atom. The smallest absolute Gasteiger partial charge is 0.485 e. The third-order valence-corrected chi connectivity index (χ3v) is 4.63. The van der Waals surface area contributed by atoms with Crippen molar-refractivity contribution in [2.45, 2.75) is 19.3 Å². The van der Waals surface area contributed by atoms with Gasteiger partial charge in [-0.05, 0) is 29.8 Å². The van der Waals surface area contributed by atoms with Crippen molar-refractivity contribution < 1.29 is 32.9 Å². The van der Waals surface area contributed by atoms with Crippen LogP contribution in [0.3, 0.4) is 0 Å². The van der Waals surface area contributed by atoms with Crippen LogP contribution in [0.4, 0.5) is 19.0 Å². The molecule has 0 spiro atoms. The van der Waals surface area contributed by atoms with Gasteiger partial charge in [-0.15, -0.1) is 11.3 Å². The van der Waals surface area contributed by atoms with Crippen molar-refractivity contribution in [3.05, 3.63) is 76.1 Å². The molecule has 1 aromatic carbocycles. The van der Waals surface area contributed by atoms with E-state index in [1.165, 1.54) is 0 Å². The number of benzene rings is 1. The lowest BCUT2D eigenvalue weighted by Crippen LogP contribution is -2.21. The second kappa shape index (κ2) is 12.3. The average Bonchev–Trinajstić information content (AvgIpc) is 3.23. The van der Waals surface area contributed by atoms with Gasteiger partial charge in [-0.25, -0.2) is 9.78 Å². The first-order chi connectivity index (χ1) is 15.3. The zero-order valence-electron chi connectivity index (χ0n) is 16.6. The molecule has 0 radical (unpaired) electrons. The first-order valence-electron chi connectivity index (χ1n) is 9.13. The quantitative estimate of drug-likeness (QED) is 0.471. The molecule has 0 aliphatic rings. The summed E-state index contributed by atoms with van der Waals surface area (Å²) in [6.07, 6.45) is -3.34. The van der Waals surface area contributed by atoms with Crippen LogP contribution in [0.15, 0.2) is 60.8 Å². The lowest BCUT2D eigenvalue weighted by molar-refractivity contribution is -0.192. The summed E-state index contributed by atoms with van der Waals surface area (Å²) in [6.45, 7) is 1.02. The van der Waals surface area contributed by atoms with E-state index in [1.54, 1.807) is 17.5 Å². The van der Waals surface area contributed by atoms with Crippen LogP contribution >= 0.6 is 11.3 Å². The molecule has 3 aromatic rings. The lowest BCUT2D eigenvalue weighted by atomic mass is 10.2. The summed E-state index contributed by atoms with van der Waals surface area (Å²) in [7, 11) is 0. The number of alkyl halides is 3. The summed E-state index contributed by atoms with van der Waals surface area (Å²) in [5.41, 5.74) is 1.11. The Morgan fingerprint density at radius 3 is 2.50 bits per heavy atom. The summed E-state index contributed by atoms with van der Waals surface area (Å²) in [5, 5.41) is 19.2. The van der Waals surface area contributed by atoms with Crippen molar-refractivity contribution in [3.8, 4) is 17.6 Å². The van der Waals surface area contributed by atoms with Crippen LogP contribution < -0.4 is 10.1 Å². The highest BCUT2D eigenvalue weighted by molar-refractivity contribution is 7.12. The lowest BCUT2D eigenvalue weighted by Gasteiger charge is -2.11. The zero-order valence-corrected chi connectivity index (χ0v) is 17.4. The number of aliphatic carboxylic acids is 1. The van der Waals surface area contributed by atoms with Crippen LogP contribution in [0.5, 0.6) is 5.75 Å². The molecule has 6 nitrogen and oxygen atoms in total. The van der Waals surface area contributed by atoms with Crippen molar-refractivity contribution in [1.82, 2.24) is 4.98 Å². The number of pyridine rings is 1. The first-order valence-corrected chi connectivity index (χ1v) is 9.95. The van der Waals surface area contributed by atoms with Gasteiger partial charge in [-0.2, -0.15) is 13.2 Å². The minimum Gasteiger partial charge on any atom is -0.485 e. The van der Waals surface area contributed by atoms with Gasteiger partial charge < -0.3 is 20.3 Å². The summed E-state index contributed by atoms with van der Waals surface area (Å²) in [5.74, 6) is 4.26. The number of aliphatic hydroxyl groups excluding tert-OH is 1. The SMILES string of the molecule is O=C(O)C(F)(F)F.OCC#Cc1ccc(CNc2ncccc2OCc2ccccc2)s1. The summed E-state index contributed by atoms with van der Waals surface area (Å²) < 4.78 is 37.6. The van der Waals surface area contributed by atoms with Gasteiger partial charge in [0, 0.05) is 11.1 Å². The van der Waals surface area contributed by atoms with Gasteiger partial charge in [0.05, 0.1) is 11.4 Å². The average molecular weight is 464 g/mol. The molecule has 168 valence electrons. The Bertz CT molecular complexity index is 1060. The summed E-state index contributed by atoms with van der Waals surface area (Å²) in [6, 6.07) is 17.8. The molecule has 0 saturated heterocycles. The molecule has 32 heavy (non-hydrogen) atoms. The van der Waals surface area contributed by atoms with Gasteiger partial charge in [0.25, 0.3) is 0 Å². The number of hydrogen-bond acceptors (Lipinski definition) is 6. The molecule has 0 amide bonds. The van der Waals surface area contributed by atoms with Gasteiger partial charge in [-0.3, -0.25) is 0 Å². The molecule has 10 heteroatoms. The topological polar surface area (TPSA) is 91.7 Å². The first kappa shape index (κ1) is 24.7. The Balaban J connectivity index is 0.000000451. The van der Waals surface area contributed by atoms with Gasteiger partial charge >= 0.3 is 12.1 Å². The van der Waals surface area contributed by atoms with Gasteiger partial charge in [0.15, 0.2) is 11.6 Å². The Morgan fingerprint density at radius 1 is 1.12 bits per heavy atom. The van der Waals surface area contributed by atoms with Gasteiger partial charge in [0.2, 0.25) is 0 Å². The van der Waals surface area contributed by atoms with Gasteiger partial charge in [0.1, 0.15) is 13.2 Å². The molecule has 0 saturated carbocycles. The molecular formula is C22H19F3N2O4S. The standard InChI is InChI=1S/C20H18N2O2S.C2HF3O2/c23-13-5-8-17-10-11-18(25-17)14-22-20-19(9-4-12-21-20)24-15-16-6-2-1-3-7-16;3-2(4,5)1(6)7/h1-4,6-7,9-12,23H,13-15H2,(H,21,22);(H,6,7). The van der Waals surface area contributed by atoms with Crippen LogP contribution in [0.2, 0.25) is 0 Å².